The lowest BCUT2D eigenvalue weighted by atomic mass is 9.86. The predicted octanol–water partition coefficient (Wildman–Crippen LogP) is 7.43. The van der Waals surface area contributed by atoms with E-state index in [2.05, 4.69) is 97.1 Å². The number of hydrogen-bond acceptors (Lipinski definition) is 1. The molecule has 0 aliphatic rings. The summed E-state index contributed by atoms with van der Waals surface area (Å²) >= 11 is 0. The Hall–Kier alpha value is -4.63. The molecule has 0 radical (unpaired) electrons. The molecule has 0 amide bonds. The summed E-state index contributed by atoms with van der Waals surface area (Å²) in [5.74, 6) is 0. The van der Waals surface area contributed by atoms with Crippen LogP contribution in [0.25, 0.3) is 60.1 Å². The summed E-state index contributed by atoms with van der Waals surface area (Å²) in [6.45, 7) is 0. The normalized spacial score (nSPS) is 11.7. The van der Waals surface area contributed by atoms with Crippen molar-refractivity contribution in [1.29, 1.82) is 0 Å². The fourth-order valence-corrected chi connectivity index (χ4v) is 5.48. The molecule has 7 rings (SSSR count). The van der Waals surface area contributed by atoms with E-state index < -0.39 is 0 Å². The highest BCUT2D eigenvalue weighted by atomic mass is 16.1. The van der Waals surface area contributed by atoms with Crippen LogP contribution < -0.4 is 5.69 Å². The minimum Gasteiger partial charge on any atom is -0.303 e. The Labute approximate surface area is 202 Å². The quantitative estimate of drug-likeness (QED) is 0.252. The van der Waals surface area contributed by atoms with Crippen molar-refractivity contribution in [3.8, 4) is 22.3 Å². The largest absolute Gasteiger partial charge is 0.332 e. The van der Waals surface area contributed by atoms with Crippen LogP contribution in [0.4, 0.5) is 0 Å². The third-order valence-electron chi connectivity index (χ3n) is 7.13. The van der Waals surface area contributed by atoms with Crippen LogP contribution in [0.1, 0.15) is 0 Å². The van der Waals surface area contributed by atoms with E-state index in [0.717, 1.165) is 16.6 Å². The van der Waals surface area contributed by atoms with E-state index in [9.17, 15) is 4.79 Å². The third kappa shape index (κ3) is 2.88. The minimum absolute atomic E-state index is 0.0462. The van der Waals surface area contributed by atoms with Gasteiger partial charge in [0.2, 0.25) is 0 Å². The van der Waals surface area contributed by atoms with Crippen LogP contribution in [0.2, 0.25) is 0 Å². The second-order valence-electron chi connectivity index (χ2n) is 9.10. The first kappa shape index (κ1) is 19.8. The van der Waals surface area contributed by atoms with Crippen molar-refractivity contribution in [2.75, 3.05) is 0 Å². The average Bonchev–Trinajstić information content (AvgIpc) is 3.33. The second-order valence-corrected chi connectivity index (χ2v) is 9.10. The van der Waals surface area contributed by atoms with Crippen LogP contribution in [0, 0.1) is 0 Å². The second kappa shape index (κ2) is 7.44. The lowest BCUT2D eigenvalue weighted by Gasteiger charge is -2.17. The van der Waals surface area contributed by atoms with Crippen LogP contribution in [0.3, 0.4) is 0 Å². The Morgan fingerprint density at radius 2 is 1.17 bits per heavy atom. The van der Waals surface area contributed by atoms with Gasteiger partial charge in [-0.1, -0.05) is 84.9 Å². The van der Waals surface area contributed by atoms with Gasteiger partial charge < -0.3 is 4.57 Å². The van der Waals surface area contributed by atoms with Gasteiger partial charge in [-0.25, -0.2) is 4.79 Å². The SMILES string of the molecule is Cn1ccc2c(-c3c4ccccc4c(-c4ccc5ccccc5c4)c4ccccc34)ccn2c1=O. The monoisotopic (exact) mass is 450 g/mol. The molecule has 0 bridgehead atoms. The maximum atomic E-state index is 12.8. The molecule has 0 fully saturated rings. The number of aromatic nitrogens is 2. The lowest BCUT2D eigenvalue weighted by Crippen LogP contribution is -2.22. The molecule has 35 heavy (non-hydrogen) atoms. The van der Waals surface area contributed by atoms with E-state index in [1.54, 1.807) is 16.0 Å². The van der Waals surface area contributed by atoms with Crippen molar-refractivity contribution in [1.82, 2.24) is 8.97 Å². The van der Waals surface area contributed by atoms with Crippen LogP contribution in [-0.4, -0.2) is 8.97 Å². The van der Waals surface area contributed by atoms with Crippen LogP contribution in [0.15, 0.2) is 120 Å². The van der Waals surface area contributed by atoms with Crippen LogP contribution in [-0.2, 0) is 7.05 Å². The molecule has 0 saturated carbocycles. The first-order valence-electron chi connectivity index (χ1n) is 11.8. The number of benzene rings is 5. The Morgan fingerprint density at radius 1 is 0.571 bits per heavy atom. The first-order valence-corrected chi connectivity index (χ1v) is 11.8. The summed E-state index contributed by atoms with van der Waals surface area (Å²) in [5.41, 5.74) is 5.55. The zero-order valence-corrected chi connectivity index (χ0v) is 19.3. The third-order valence-corrected chi connectivity index (χ3v) is 7.13. The minimum atomic E-state index is -0.0462. The molecule has 7 aromatic rings. The van der Waals surface area contributed by atoms with Crippen molar-refractivity contribution in [2.24, 2.45) is 7.05 Å². The molecule has 0 unspecified atom stereocenters. The Kier molecular flexibility index (Phi) is 4.21. The van der Waals surface area contributed by atoms with Gasteiger partial charge in [-0.15, -0.1) is 0 Å². The Bertz CT molecular complexity index is 1930. The molecule has 0 saturated heterocycles. The van der Waals surface area contributed by atoms with Crippen LogP contribution in [0.5, 0.6) is 0 Å². The van der Waals surface area contributed by atoms with Gasteiger partial charge in [0.25, 0.3) is 0 Å². The maximum absolute atomic E-state index is 12.8. The molecule has 5 aromatic carbocycles. The average molecular weight is 451 g/mol. The smallest absolute Gasteiger partial charge is 0.303 e. The molecule has 0 N–H and O–H groups in total. The lowest BCUT2D eigenvalue weighted by molar-refractivity contribution is 0.791. The molecule has 0 aliphatic heterocycles. The molecule has 0 spiro atoms. The van der Waals surface area contributed by atoms with E-state index in [1.807, 2.05) is 18.5 Å². The zero-order chi connectivity index (χ0) is 23.5. The maximum Gasteiger partial charge on any atom is 0.332 e. The number of hydrogen-bond donors (Lipinski definition) is 0. The van der Waals surface area contributed by atoms with E-state index in [1.165, 1.54) is 43.4 Å². The molecular weight excluding hydrogens is 428 g/mol. The molecule has 3 nitrogen and oxygen atoms in total. The molecular formula is C32H22N2O. The highest BCUT2D eigenvalue weighted by Gasteiger charge is 2.19. The van der Waals surface area contributed by atoms with Crippen LogP contribution >= 0.6 is 0 Å². The van der Waals surface area contributed by atoms with Gasteiger partial charge in [0, 0.05) is 25.0 Å². The van der Waals surface area contributed by atoms with Crippen molar-refractivity contribution in [2.45, 2.75) is 0 Å². The highest BCUT2D eigenvalue weighted by Crippen LogP contribution is 2.44. The highest BCUT2D eigenvalue weighted by molar-refractivity contribution is 6.22. The number of nitrogens with zero attached hydrogens (tertiary/aromatic N) is 2. The summed E-state index contributed by atoms with van der Waals surface area (Å²) < 4.78 is 3.34. The predicted molar refractivity (Wildman–Crippen MR) is 146 cm³/mol. The van der Waals surface area contributed by atoms with Gasteiger partial charge in [-0.3, -0.25) is 4.40 Å². The molecule has 166 valence electrons. The van der Waals surface area contributed by atoms with Gasteiger partial charge in [0.1, 0.15) is 0 Å². The summed E-state index contributed by atoms with van der Waals surface area (Å²) in [5, 5.41) is 7.26. The fraction of sp³-hybridized carbons (Fsp3) is 0.0312. The molecule has 0 aliphatic carbocycles. The fourth-order valence-electron chi connectivity index (χ4n) is 5.48. The zero-order valence-electron chi connectivity index (χ0n) is 19.3. The first-order chi connectivity index (χ1) is 17.2. The molecule has 2 heterocycles. The van der Waals surface area contributed by atoms with E-state index in [-0.39, 0.29) is 5.69 Å². The topological polar surface area (TPSA) is 26.4 Å². The molecule has 3 heteroatoms. The van der Waals surface area contributed by atoms with Crippen molar-refractivity contribution >= 4 is 37.8 Å². The van der Waals surface area contributed by atoms with Crippen molar-refractivity contribution < 1.29 is 0 Å². The van der Waals surface area contributed by atoms with Crippen molar-refractivity contribution in [3.63, 3.8) is 0 Å². The van der Waals surface area contributed by atoms with Gasteiger partial charge in [0.05, 0.1) is 5.52 Å². The van der Waals surface area contributed by atoms with E-state index in [4.69, 9.17) is 0 Å². The van der Waals surface area contributed by atoms with Gasteiger partial charge in [-0.05, 0) is 67.2 Å². The van der Waals surface area contributed by atoms with Gasteiger partial charge in [0.15, 0.2) is 0 Å². The molecule has 0 atom stereocenters. The Balaban J connectivity index is 1.64. The van der Waals surface area contributed by atoms with Gasteiger partial charge in [-0.2, -0.15) is 0 Å². The molecule has 2 aromatic heterocycles. The Morgan fingerprint density at radius 3 is 1.86 bits per heavy atom. The number of aryl methyl sites for hydroxylation is 1. The van der Waals surface area contributed by atoms with E-state index in [0.29, 0.717) is 0 Å². The summed E-state index contributed by atoms with van der Waals surface area (Å²) in [6, 6.07) is 36.6. The summed E-state index contributed by atoms with van der Waals surface area (Å²) in [4.78, 5) is 12.8. The standard InChI is InChI=1S/C32H22N2O/c1-33-18-17-29-28(16-19-34(29)32(33)35)31-26-12-6-4-10-24(26)30(25-11-5-7-13-27(25)31)23-15-14-21-8-2-3-9-22(21)20-23/h2-20H,1H3. The van der Waals surface area contributed by atoms with Crippen molar-refractivity contribution in [3.05, 3.63) is 126 Å². The van der Waals surface area contributed by atoms with Gasteiger partial charge >= 0.3 is 5.69 Å². The summed E-state index contributed by atoms with van der Waals surface area (Å²) in [6.07, 6.45) is 3.72. The van der Waals surface area contributed by atoms with E-state index >= 15 is 0 Å². The number of fused-ring (bicyclic) bond motifs is 4. The summed E-state index contributed by atoms with van der Waals surface area (Å²) in [7, 11) is 1.78. The number of rotatable bonds is 2.